The molecule has 2 N–H and O–H groups in total. The van der Waals surface area contributed by atoms with Crippen molar-refractivity contribution in [3.8, 4) is 0 Å². The summed E-state index contributed by atoms with van der Waals surface area (Å²) >= 11 is 0. The summed E-state index contributed by atoms with van der Waals surface area (Å²) in [5.74, 6) is 0.282. The summed E-state index contributed by atoms with van der Waals surface area (Å²) in [6.45, 7) is 5.19. The lowest BCUT2D eigenvalue weighted by molar-refractivity contribution is 0.105. The topological polar surface area (TPSA) is 60.2 Å². The first-order valence-electron chi connectivity index (χ1n) is 6.06. The first-order valence-corrected chi connectivity index (χ1v) is 8.12. The van der Waals surface area contributed by atoms with Crippen LogP contribution >= 0.6 is 0 Å². The number of sulfone groups is 1. The van der Waals surface area contributed by atoms with E-state index in [-0.39, 0.29) is 11.2 Å². The third kappa shape index (κ3) is 4.06. The van der Waals surface area contributed by atoms with E-state index in [9.17, 15) is 8.42 Å². The van der Waals surface area contributed by atoms with Crippen molar-refractivity contribution >= 4 is 9.84 Å². The minimum atomic E-state index is -2.86. The van der Waals surface area contributed by atoms with Crippen LogP contribution in [0.15, 0.2) is 0 Å². The van der Waals surface area contributed by atoms with Gasteiger partial charge in [0, 0.05) is 6.26 Å². The molecule has 1 rings (SSSR count). The zero-order valence-corrected chi connectivity index (χ0v) is 11.6. The van der Waals surface area contributed by atoms with Crippen molar-refractivity contribution in [3.05, 3.63) is 0 Å². The van der Waals surface area contributed by atoms with Crippen LogP contribution < -0.4 is 5.73 Å². The van der Waals surface area contributed by atoms with E-state index in [0.717, 1.165) is 32.1 Å². The molecule has 0 radical (unpaired) electrons. The van der Waals surface area contributed by atoms with Gasteiger partial charge in [0.05, 0.1) is 5.75 Å². The average molecular weight is 247 g/mol. The Morgan fingerprint density at radius 2 is 1.62 bits per heavy atom. The predicted octanol–water partition coefficient (Wildman–Crippen LogP) is 1.97. The first-order chi connectivity index (χ1) is 7.18. The van der Waals surface area contributed by atoms with E-state index in [4.69, 9.17) is 5.73 Å². The standard InChI is InChI=1S/C12H25NO2S/c1-11(2)4-6-12(10-13,7-5-11)8-9-16(3,14)15/h4-10,13H2,1-3H3. The summed E-state index contributed by atoms with van der Waals surface area (Å²) in [7, 11) is -2.86. The monoisotopic (exact) mass is 247 g/mol. The summed E-state index contributed by atoms with van der Waals surface area (Å²) < 4.78 is 22.4. The minimum Gasteiger partial charge on any atom is -0.330 e. The molecule has 1 aliphatic carbocycles. The molecule has 0 aromatic rings. The van der Waals surface area contributed by atoms with Crippen molar-refractivity contribution in [3.63, 3.8) is 0 Å². The van der Waals surface area contributed by atoms with E-state index in [1.54, 1.807) is 0 Å². The van der Waals surface area contributed by atoms with Crippen molar-refractivity contribution in [1.82, 2.24) is 0 Å². The molecule has 0 heterocycles. The Hall–Kier alpha value is -0.0900. The van der Waals surface area contributed by atoms with Crippen molar-refractivity contribution in [1.29, 1.82) is 0 Å². The fourth-order valence-electron chi connectivity index (χ4n) is 2.42. The molecule has 0 aliphatic heterocycles. The van der Waals surface area contributed by atoms with E-state index in [2.05, 4.69) is 13.8 Å². The molecule has 0 amide bonds. The summed E-state index contributed by atoms with van der Waals surface area (Å²) in [6.07, 6.45) is 6.52. The zero-order valence-electron chi connectivity index (χ0n) is 10.8. The van der Waals surface area contributed by atoms with Gasteiger partial charge in [-0.2, -0.15) is 0 Å². The molecule has 4 heteroatoms. The third-order valence-corrected chi connectivity index (χ3v) is 5.05. The van der Waals surface area contributed by atoms with Gasteiger partial charge < -0.3 is 5.73 Å². The molecule has 0 aromatic carbocycles. The van der Waals surface area contributed by atoms with E-state index >= 15 is 0 Å². The lowest BCUT2D eigenvalue weighted by atomic mass is 9.64. The molecule has 0 saturated heterocycles. The van der Waals surface area contributed by atoms with E-state index in [0.29, 0.717) is 12.0 Å². The van der Waals surface area contributed by atoms with E-state index in [1.165, 1.54) is 6.26 Å². The summed E-state index contributed by atoms with van der Waals surface area (Å²) in [5.41, 5.74) is 6.35. The third-order valence-electron chi connectivity index (χ3n) is 4.10. The second-order valence-electron chi connectivity index (χ2n) is 6.25. The van der Waals surface area contributed by atoms with Crippen LogP contribution in [0.3, 0.4) is 0 Å². The Morgan fingerprint density at radius 1 is 1.12 bits per heavy atom. The maximum Gasteiger partial charge on any atom is 0.147 e. The molecule has 0 unspecified atom stereocenters. The van der Waals surface area contributed by atoms with Gasteiger partial charge in [-0.15, -0.1) is 0 Å². The highest BCUT2D eigenvalue weighted by atomic mass is 32.2. The molecule has 1 saturated carbocycles. The molecular formula is C12H25NO2S. The number of hydrogen-bond donors (Lipinski definition) is 1. The molecule has 0 bridgehead atoms. The number of hydrogen-bond acceptors (Lipinski definition) is 3. The lowest BCUT2D eigenvalue weighted by Gasteiger charge is -2.43. The van der Waals surface area contributed by atoms with Gasteiger partial charge in [0.15, 0.2) is 0 Å². The molecule has 1 fully saturated rings. The Balaban J connectivity index is 2.60. The normalized spacial score (nSPS) is 24.2. The zero-order chi connectivity index (χ0) is 12.4. The Morgan fingerprint density at radius 3 is 2.00 bits per heavy atom. The quantitative estimate of drug-likeness (QED) is 0.826. The van der Waals surface area contributed by atoms with Gasteiger partial charge in [-0.05, 0) is 49.5 Å². The first kappa shape index (κ1) is 14.0. The second-order valence-corrected chi connectivity index (χ2v) is 8.51. The van der Waals surface area contributed by atoms with Crippen LogP contribution in [0.1, 0.15) is 46.0 Å². The van der Waals surface area contributed by atoms with Crippen molar-refractivity contribution in [2.45, 2.75) is 46.0 Å². The molecule has 0 aromatic heterocycles. The Bertz CT molecular complexity index is 323. The molecule has 1 aliphatic rings. The van der Waals surface area contributed by atoms with Gasteiger partial charge in [0.2, 0.25) is 0 Å². The molecule has 96 valence electrons. The molecule has 3 nitrogen and oxygen atoms in total. The predicted molar refractivity (Wildman–Crippen MR) is 68.1 cm³/mol. The molecule has 16 heavy (non-hydrogen) atoms. The van der Waals surface area contributed by atoms with Crippen molar-refractivity contribution in [2.75, 3.05) is 18.6 Å². The van der Waals surface area contributed by atoms with Crippen molar-refractivity contribution in [2.24, 2.45) is 16.6 Å². The van der Waals surface area contributed by atoms with Gasteiger partial charge in [-0.25, -0.2) is 8.42 Å². The lowest BCUT2D eigenvalue weighted by Crippen LogP contribution is -2.38. The van der Waals surface area contributed by atoms with Crippen LogP contribution in [0.2, 0.25) is 0 Å². The summed E-state index contributed by atoms with van der Waals surface area (Å²) in [6, 6.07) is 0. The highest BCUT2D eigenvalue weighted by Gasteiger charge is 2.37. The summed E-state index contributed by atoms with van der Waals surface area (Å²) in [4.78, 5) is 0. The number of rotatable bonds is 4. The van der Waals surface area contributed by atoms with Crippen molar-refractivity contribution < 1.29 is 8.42 Å². The van der Waals surface area contributed by atoms with Crippen LogP contribution in [-0.2, 0) is 9.84 Å². The SMILES string of the molecule is CC1(C)CCC(CN)(CCS(C)(=O)=O)CC1. The fraction of sp³-hybridized carbons (Fsp3) is 1.00. The van der Waals surface area contributed by atoms with Gasteiger partial charge in [-0.3, -0.25) is 0 Å². The smallest absolute Gasteiger partial charge is 0.147 e. The van der Waals surface area contributed by atoms with E-state index < -0.39 is 9.84 Å². The van der Waals surface area contributed by atoms with Crippen LogP contribution in [-0.4, -0.2) is 27.0 Å². The fourth-order valence-corrected chi connectivity index (χ4v) is 3.22. The van der Waals surface area contributed by atoms with Crippen LogP contribution in [0.25, 0.3) is 0 Å². The highest BCUT2D eigenvalue weighted by molar-refractivity contribution is 7.90. The second kappa shape index (κ2) is 4.65. The molecular weight excluding hydrogens is 222 g/mol. The van der Waals surface area contributed by atoms with Gasteiger partial charge in [0.1, 0.15) is 9.84 Å². The largest absolute Gasteiger partial charge is 0.330 e. The average Bonchev–Trinajstić information content (AvgIpc) is 2.16. The molecule has 0 atom stereocenters. The molecule has 0 spiro atoms. The van der Waals surface area contributed by atoms with E-state index in [1.807, 2.05) is 0 Å². The van der Waals surface area contributed by atoms with Crippen LogP contribution in [0.4, 0.5) is 0 Å². The van der Waals surface area contributed by atoms with Crippen LogP contribution in [0.5, 0.6) is 0 Å². The highest BCUT2D eigenvalue weighted by Crippen LogP contribution is 2.46. The number of nitrogens with two attached hydrogens (primary N) is 1. The summed E-state index contributed by atoms with van der Waals surface area (Å²) in [5, 5.41) is 0. The van der Waals surface area contributed by atoms with Gasteiger partial charge in [0.25, 0.3) is 0 Å². The Labute approximate surface area is 99.7 Å². The van der Waals surface area contributed by atoms with Gasteiger partial charge in [-0.1, -0.05) is 13.8 Å². The maximum atomic E-state index is 11.2. The Kier molecular flexibility index (Phi) is 4.06. The maximum absolute atomic E-state index is 11.2. The van der Waals surface area contributed by atoms with Gasteiger partial charge >= 0.3 is 0 Å². The van der Waals surface area contributed by atoms with Crippen LogP contribution in [0, 0.1) is 10.8 Å². The minimum absolute atomic E-state index is 0.0819.